The number of halogens is 3. The summed E-state index contributed by atoms with van der Waals surface area (Å²) in [4.78, 5) is 21.1. The van der Waals surface area contributed by atoms with E-state index in [2.05, 4.69) is 25.7 Å². The van der Waals surface area contributed by atoms with E-state index in [1.165, 1.54) is 36.9 Å². The van der Waals surface area contributed by atoms with Crippen molar-refractivity contribution in [3.05, 3.63) is 53.2 Å². The second-order valence-corrected chi connectivity index (χ2v) is 11.9. The van der Waals surface area contributed by atoms with Crippen LogP contribution in [0, 0.1) is 6.92 Å². The molecule has 0 spiro atoms. The zero-order valence-corrected chi connectivity index (χ0v) is 23.3. The molecule has 0 radical (unpaired) electrons. The maximum Gasteiger partial charge on any atom is 0.422 e. The van der Waals surface area contributed by atoms with Crippen LogP contribution in [0.15, 0.2) is 35.6 Å². The van der Waals surface area contributed by atoms with E-state index in [0.29, 0.717) is 5.69 Å². The van der Waals surface area contributed by atoms with Gasteiger partial charge >= 0.3 is 6.18 Å². The Kier molecular flexibility index (Phi) is 8.58. The Bertz CT molecular complexity index is 1450. The monoisotopic (exact) mass is 568 g/mol. The Morgan fingerprint density at radius 1 is 1.10 bits per heavy atom. The minimum atomic E-state index is -4.74. The molecule has 3 aromatic heterocycles. The van der Waals surface area contributed by atoms with E-state index in [0.717, 1.165) is 12.4 Å². The van der Waals surface area contributed by atoms with Crippen LogP contribution < -0.4 is 15.4 Å². The van der Waals surface area contributed by atoms with E-state index in [4.69, 9.17) is 4.74 Å². The maximum atomic E-state index is 14.0. The second-order valence-electron chi connectivity index (χ2n) is 9.62. The van der Waals surface area contributed by atoms with Gasteiger partial charge in [0.15, 0.2) is 21.3 Å². The molecule has 0 aliphatic heterocycles. The van der Waals surface area contributed by atoms with Crippen LogP contribution >= 0.6 is 0 Å². The van der Waals surface area contributed by atoms with Gasteiger partial charge in [-0.05, 0) is 46.8 Å². The predicted octanol–water partition coefficient (Wildman–Crippen LogP) is 4.70. The van der Waals surface area contributed by atoms with Gasteiger partial charge in [-0.25, -0.2) is 13.1 Å². The molecule has 3 aromatic rings. The van der Waals surface area contributed by atoms with Crippen molar-refractivity contribution in [1.82, 2.24) is 25.1 Å². The Morgan fingerprint density at radius 3 is 2.33 bits per heavy atom. The smallest absolute Gasteiger partial charge is 0.422 e. The summed E-state index contributed by atoms with van der Waals surface area (Å²) < 4.78 is 73.1. The van der Waals surface area contributed by atoms with Gasteiger partial charge in [0.05, 0.1) is 46.5 Å². The maximum absolute atomic E-state index is 14.0. The highest BCUT2D eigenvalue weighted by atomic mass is 32.2. The van der Waals surface area contributed by atoms with Crippen molar-refractivity contribution in [2.45, 2.75) is 64.7 Å². The fraction of sp³-hybridized carbons (Fsp3) is 0.440. The number of ether oxygens (including phenoxy) is 1. The van der Waals surface area contributed by atoms with Gasteiger partial charge in [0.2, 0.25) is 5.88 Å². The van der Waals surface area contributed by atoms with Crippen molar-refractivity contribution in [1.29, 1.82) is 0 Å². The van der Waals surface area contributed by atoms with E-state index in [-0.39, 0.29) is 46.6 Å². The molecule has 3 heterocycles. The largest absolute Gasteiger partial charge is 0.437 e. The fourth-order valence-corrected chi connectivity index (χ4v) is 4.45. The zero-order valence-electron chi connectivity index (χ0n) is 22.5. The number of pyridine rings is 2. The van der Waals surface area contributed by atoms with Gasteiger partial charge in [0.1, 0.15) is 5.56 Å². The number of nitrogens with one attached hydrogen (secondary N) is 2. The normalized spacial score (nSPS) is 12.3. The van der Waals surface area contributed by atoms with Crippen molar-refractivity contribution >= 4 is 21.4 Å². The lowest BCUT2D eigenvalue weighted by atomic mass is 10.1. The first-order valence-electron chi connectivity index (χ1n) is 12.1. The highest BCUT2D eigenvalue weighted by Crippen LogP contribution is 2.43. The molecule has 0 aliphatic carbocycles. The van der Waals surface area contributed by atoms with Crippen LogP contribution in [0.1, 0.15) is 61.9 Å². The molecule has 3 rings (SSSR count). The number of rotatable bonds is 9. The summed E-state index contributed by atoms with van der Waals surface area (Å²) in [5.41, 5.74) is -1.43. The Labute approximate surface area is 224 Å². The fourth-order valence-electron chi connectivity index (χ4n) is 3.63. The number of carbonyl (C=O) groups is 1. The molecule has 2 N–H and O–H groups in total. The van der Waals surface area contributed by atoms with Crippen molar-refractivity contribution < 1.29 is 31.1 Å². The molecule has 0 aromatic carbocycles. The molecule has 14 heteroatoms. The topological polar surface area (TPSA) is 128 Å². The summed E-state index contributed by atoms with van der Waals surface area (Å²) in [7, 11) is -3.41. The van der Waals surface area contributed by atoms with Crippen molar-refractivity contribution in [3.63, 3.8) is 0 Å². The molecule has 0 atom stereocenters. The summed E-state index contributed by atoms with van der Waals surface area (Å²) in [6.07, 6.45) is -1.48. The van der Waals surface area contributed by atoms with Gasteiger partial charge in [0.25, 0.3) is 5.91 Å². The number of aromatic nitrogens is 4. The van der Waals surface area contributed by atoms with Crippen LogP contribution in [-0.2, 0) is 28.1 Å². The molecule has 0 saturated carbocycles. The van der Waals surface area contributed by atoms with E-state index in [1.807, 2.05) is 0 Å². The standard InChI is InChI=1S/C25H31F3N6O4S/c1-7-30-18-13-29-14-19(20(18)25(26,27)28)38-23-15(3)21(33-34(23)24(4,5)6)22(35)32-11-16-9-10-17(12-31-16)39(36,37)8-2/h9-10,12-14,30H,7-8,11H2,1-6H3,(H,32,35). The van der Waals surface area contributed by atoms with Crippen LogP contribution in [0.5, 0.6) is 11.6 Å². The number of carbonyl (C=O) groups excluding carboxylic acids is 1. The van der Waals surface area contributed by atoms with Gasteiger partial charge in [-0.1, -0.05) is 6.92 Å². The Morgan fingerprint density at radius 2 is 1.79 bits per heavy atom. The van der Waals surface area contributed by atoms with Gasteiger partial charge < -0.3 is 15.4 Å². The first-order valence-corrected chi connectivity index (χ1v) is 13.8. The molecule has 0 unspecified atom stereocenters. The number of hydrogen-bond donors (Lipinski definition) is 2. The zero-order chi connectivity index (χ0) is 29.2. The lowest BCUT2D eigenvalue weighted by molar-refractivity contribution is -0.138. The molecular weight excluding hydrogens is 537 g/mol. The number of sulfone groups is 1. The number of nitrogens with zero attached hydrogens (tertiary/aromatic N) is 4. The predicted molar refractivity (Wildman–Crippen MR) is 139 cm³/mol. The Balaban J connectivity index is 1.94. The first kappa shape index (κ1) is 29.9. The summed E-state index contributed by atoms with van der Waals surface area (Å²) in [5, 5.41) is 9.67. The third kappa shape index (κ3) is 6.67. The molecule has 39 heavy (non-hydrogen) atoms. The van der Waals surface area contributed by atoms with Crippen molar-refractivity contribution in [2.24, 2.45) is 0 Å². The lowest BCUT2D eigenvalue weighted by Gasteiger charge is -2.23. The van der Waals surface area contributed by atoms with Crippen LogP contribution in [0.25, 0.3) is 0 Å². The number of alkyl halides is 3. The summed E-state index contributed by atoms with van der Waals surface area (Å²) in [5.74, 6) is -1.25. The number of hydrogen-bond acceptors (Lipinski definition) is 8. The molecule has 0 fully saturated rings. The quantitative estimate of drug-likeness (QED) is 0.380. The van der Waals surface area contributed by atoms with Crippen LogP contribution in [0.3, 0.4) is 0 Å². The summed E-state index contributed by atoms with van der Waals surface area (Å²) >= 11 is 0. The summed E-state index contributed by atoms with van der Waals surface area (Å²) in [6, 6.07) is 2.90. The van der Waals surface area contributed by atoms with E-state index >= 15 is 0 Å². The van der Waals surface area contributed by atoms with Crippen molar-refractivity contribution in [2.75, 3.05) is 17.6 Å². The highest BCUT2D eigenvalue weighted by Gasteiger charge is 2.39. The van der Waals surface area contributed by atoms with Gasteiger partial charge in [-0.2, -0.15) is 18.3 Å². The molecular formula is C25H31F3N6O4S. The minimum Gasteiger partial charge on any atom is -0.437 e. The first-order chi connectivity index (χ1) is 18.1. The van der Waals surface area contributed by atoms with E-state index in [9.17, 15) is 26.4 Å². The number of anilines is 1. The van der Waals surface area contributed by atoms with Crippen LogP contribution in [-0.4, -0.2) is 46.4 Å². The Hall–Kier alpha value is -3.68. The van der Waals surface area contributed by atoms with E-state index in [1.54, 1.807) is 27.7 Å². The van der Waals surface area contributed by atoms with E-state index < -0.39 is 38.8 Å². The van der Waals surface area contributed by atoms with Gasteiger partial charge in [-0.3, -0.25) is 14.8 Å². The van der Waals surface area contributed by atoms with Crippen LogP contribution in [0.4, 0.5) is 18.9 Å². The third-order valence-corrected chi connectivity index (χ3v) is 7.37. The van der Waals surface area contributed by atoms with Gasteiger partial charge in [-0.15, -0.1) is 0 Å². The average Bonchev–Trinajstić information content (AvgIpc) is 3.19. The van der Waals surface area contributed by atoms with Gasteiger partial charge in [0, 0.05) is 18.3 Å². The molecule has 0 bridgehead atoms. The minimum absolute atomic E-state index is 0.0316. The molecule has 10 nitrogen and oxygen atoms in total. The van der Waals surface area contributed by atoms with Crippen LogP contribution in [0.2, 0.25) is 0 Å². The molecule has 0 saturated heterocycles. The summed E-state index contributed by atoms with van der Waals surface area (Å²) in [6.45, 7) is 10.2. The average molecular weight is 569 g/mol. The third-order valence-electron chi connectivity index (χ3n) is 5.65. The molecule has 212 valence electrons. The SMILES string of the molecule is CCNc1cncc(Oc2c(C)c(C(=O)NCc3ccc(S(=O)(=O)CC)cn3)nn2C(C)(C)C)c1C(F)(F)F. The second kappa shape index (κ2) is 11.2. The molecule has 0 aliphatic rings. The molecule has 1 amide bonds. The highest BCUT2D eigenvalue weighted by molar-refractivity contribution is 7.91. The van der Waals surface area contributed by atoms with Crippen molar-refractivity contribution in [3.8, 4) is 11.6 Å². The number of amides is 1. The lowest BCUT2D eigenvalue weighted by Crippen LogP contribution is -2.27.